The molecule has 1 atom stereocenters. The Morgan fingerprint density at radius 1 is 1.20 bits per heavy atom. The molecule has 1 unspecified atom stereocenters. The maximum Gasteiger partial charge on any atom is 0.409 e. The molecule has 2 fully saturated rings. The van der Waals surface area contributed by atoms with E-state index in [0.717, 1.165) is 52.2 Å². The number of piperidine rings is 1. The lowest BCUT2D eigenvalue weighted by Gasteiger charge is -2.43. The topological polar surface area (TPSA) is 53.8 Å². The highest BCUT2D eigenvalue weighted by Gasteiger charge is 2.29. The van der Waals surface area contributed by atoms with Crippen LogP contribution in [-0.2, 0) is 11.3 Å². The van der Waals surface area contributed by atoms with Crippen LogP contribution in [0.4, 0.5) is 4.79 Å². The number of amides is 1. The van der Waals surface area contributed by atoms with Gasteiger partial charge in [0.25, 0.3) is 0 Å². The number of aromatic nitrogens is 2. The van der Waals surface area contributed by atoms with Crippen molar-refractivity contribution in [3.05, 3.63) is 18.5 Å². The van der Waals surface area contributed by atoms with Gasteiger partial charge < -0.3 is 14.5 Å². The average Bonchev–Trinajstić information content (AvgIpc) is 3.16. The smallest absolute Gasteiger partial charge is 0.409 e. The lowest BCUT2D eigenvalue weighted by Crippen LogP contribution is -2.56. The monoisotopic (exact) mass is 349 g/mol. The third kappa shape index (κ3) is 5.19. The summed E-state index contributed by atoms with van der Waals surface area (Å²) in [5.74, 6) is 0. The van der Waals surface area contributed by atoms with E-state index in [1.54, 1.807) is 0 Å². The van der Waals surface area contributed by atoms with E-state index in [9.17, 15) is 4.79 Å². The Hall–Kier alpha value is -1.60. The lowest BCUT2D eigenvalue weighted by molar-refractivity contribution is 0.0423. The van der Waals surface area contributed by atoms with Gasteiger partial charge in [0.15, 0.2) is 0 Å². The Labute approximate surface area is 150 Å². The second kappa shape index (κ2) is 9.20. The van der Waals surface area contributed by atoms with Gasteiger partial charge >= 0.3 is 6.09 Å². The van der Waals surface area contributed by atoms with E-state index in [1.165, 1.54) is 19.4 Å². The van der Waals surface area contributed by atoms with Gasteiger partial charge in [-0.05, 0) is 45.3 Å². The normalized spacial score (nSPS) is 22.9. The molecule has 140 valence electrons. The molecule has 0 spiro atoms. The van der Waals surface area contributed by atoms with Crippen LogP contribution < -0.4 is 0 Å². The molecule has 2 aliphatic heterocycles. The average molecular weight is 349 g/mol. The van der Waals surface area contributed by atoms with Crippen LogP contribution in [0, 0.1) is 0 Å². The summed E-state index contributed by atoms with van der Waals surface area (Å²) in [5.41, 5.74) is 0. The first-order chi connectivity index (χ1) is 12.3. The van der Waals surface area contributed by atoms with Crippen LogP contribution in [-0.4, -0.2) is 89.0 Å². The molecule has 7 nitrogen and oxygen atoms in total. The Bertz CT molecular complexity index is 514. The molecule has 0 aromatic carbocycles. The highest BCUT2D eigenvalue weighted by molar-refractivity contribution is 5.67. The van der Waals surface area contributed by atoms with Gasteiger partial charge in [-0.15, -0.1) is 0 Å². The molecule has 1 aromatic rings. The second-order valence-electron chi connectivity index (χ2n) is 6.94. The Kier molecular flexibility index (Phi) is 6.69. The number of rotatable bonds is 6. The summed E-state index contributed by atoms with van der Waals surface area (Å²) >= 11 is 0. The van der Waals surface area contributed by atoms with Gasteiger partial charge in [0.1, 0.15) is 0 Å². The zero-order valence-electron chi connectivity index (χ0n) is 15.3. The summed E-state index contributed by atoms with van der Waals surface area (Å²) in [6.07, 6.45) is 7.39. The van der Waals surface area contributed by atoms with Crippen molar-refractivity contribution < 1.29 is 9.53 Å². The first-order valence-corrected chi connectivity index (χ1v) is 9.62. The van der Waals surface area contributed by atoms with Gasteiger partial charge in [-0.1, -0.05) is 0 Å². The molecule has 3 heterocycles. The number of likely N-dealkylation sites (tertiary alicyclic amines) is 1. The molecular weight excluding hydrogens is 318 g/mol. The molecule has 0 N–H and O–H groups in total. The number of aryl methyl sites for hydroxylation is 1. The van der Waals surface area contributed by atoms with Crippen LogP contribution in [0.2, 0.25) is 0 Å². The van der Waals surface area contributed by atoms with Crippen molar-refractivity contribution in [1.29, 1.82) is 0 Å². The van der Waals surface area contributed by atoms with Gasteiger partial charge in [-0.25, -0.2) is 4.79 Å². The summed E-state index contributed by atoms with van der Waals surface area (Å²) in [6, 6.07) is 2.61. The van der Waals surface area contributed by atoms with Crippen LogP contribution >= 0.6 is 0 Å². The third-order valence-corrected chi connectivity index (χ3v) is 5.26. The largest absolute Gasteiger partial charge is 0.450 e. The molecular formula is C18H31N5O2. The fraction of sp³-hybridized carbons (Fsp3) is 0.778. The molecule has 0 aliphatic carbocycles. The van der Waals surface area contributed by atoms with Crippen LogP contribution in [0.3, 0.4) is 0 Å². The van der Waals surface area contributed by atoms with Crippen LogP contribution in [0.5, 0.6) is 0 Å². The van der Waals surface area contributed by atoms with E-state index in [-0.39, 0.29) is 6.09 Å². The molecule has 0 radical (unpaired) electrons. The third-order valence-electron chi connectivity index (χ3n) is 5.26. The SMILES string of the molecule is CCOC(=O)N1CCN(C2CCCN(CCCn3cccn3)C2)CC1. The van der Waals surface area contributed by atoms with Crippen molar-refractivity contribution in [2.45, 2.75) is 38.8 Å². The second-order valence-corrected chi connectivity index (χ2v) is 6.94. The first kappa shape index (κ1) is 18.2. The number of carbonyl (C=O) groups is 1. The minimum absolute atomic E-state index is 0.161. The van der Waals surface area contributed by atoms with Gasteiger partial charge in [-0.3, -0.25) is 9.58 Å². The summed E-state index contributed by atoms with van der Waals surface area (Å²) in [4.78, 5) is 18.8. The van der Waals surface area contributed by atoms with Crippen molar-refractivity contribution in [3.8, 4) is 0 Å². The molecule has 0 saturated carbocycles. The number of carbonyl (C=O) groups excluding carboxylic acids is 1. The molecule has 1 aromatic heterocycles. The zero-order valence-corrected chi connectivity index (χ0v) is 15.3. The molecule has 2 aliphatic rings. The zero-order chi connectivity index (χ0) is 17.5. The minimum atomic E-state index is -0.161. The summed E-state index contributed by atoms with van der Waals surface area (Å²) in [7, 11) is 0. The van der Waals surface area contributed by atoms with Gasteiger partial charge in [0, 0.05) is 57.7 Å². The Balaban J connectivity index is 1.39. The summed E-state index contributed by atoms with van der Waals surface area (Å²) in [6.45, 7) is 10.3. The van der Waals surface area contributed by atoms with Crippen LogP contribution in [0.15, 0.2) is 18.5 Å². The molecule has 25 heavy (non-hydrogen) atoms. The molecule has 3 rings (SSSR count). The van der Waals surface area contributed by atoms with E-state index < -0.39 is 0 Å². The van der Waals surface area contributed by atoms with Crippen molar-refractivity contribution in [1.82, 2.24) is 24.5 Å². The van der Waals surface area contributed by atoms with Crippen LogP contribution in [0.25, 0.3) is 0 Å². The number of piperazine rings is 1. The lowest BCUT2D eigenvalue weighted by atomic mass is 10.0. The van der Waals surface area contributed by atoms with Gasteiger partial charge in [0.2, 0.25) is 0 Å². The van der Waals surface area contributed by atoms with E-state index in [0.29, 0.717) is 12.6 Å². The molecule has 0 bridgehead atoms. The van der Waals surface area contributed by atoms with E-state index in [4.69, 9.17) is 4.74 Å². The predicted octanol–water partition coefficient (Wildman–Crippen LogP) is 1.51. The van der Waals surface area contributed by atoms with E-state index in [2.05, 4.69) is 14.9 Å². The van der Waals surface area contributed by atoms with Gasteiger partial charge in [0.05, 0.1) is 6.61 Å². The van der Waals surface area contributed by atoms with Crippen molar-refractivity contribution in [2.24, 2.45) is 0 Å². The van der Waals surface area contributed by atoms with Crippen LogP contribution in [0.1, 0.15) is 26.2 Å². The molecule has 7 heteroatoms. The quantitative estimate of drug-likeness (QED) is 0.779. The Morgan fingerprint density at radius 3 is 2.76 bits per heavy atom. The fourth-order valence-corrected chi connectivity index (χ4v) is 3.91. The number of hydrogen-bond acceptors (Lipinski definition) is 5. The summed E-state index contributed by atoms with van der Waals surface area (Å²) in [5, 5.41) is 4.27. The fourth-order valence-electron chi connectivity index (χ4n) is 3.91. The predicted molar refractivity (Wildman–Crippen MR) is 96.5 cm³/mol. The van der Waals surface area contributed by atoms with Crippen molar-refractivity contribution >= 4 is 6.09 Å². The maximum atomic E-state index is 11.8. The highest BCUT2D eigenvalue weighted by Crippen LogP contribution is 2.18. The standard InChI is InChI=1S/C18H31N5O2/c1-2-25-18(24)22-14-12-21(13-15-22)17-6-3-8-20(16-17)9-5-11-23-10-4-7-19-23/h4,7,10,17H,2-3,5-6,8-9,11-16H2,1H3. The Morgan fingerprint density at radius 2 is 2.04 bits per heavy atom. The minimum Gasteiger partial charge on any atom is -0.450 e. The number of ether oxygens (including phenoxy) is 1. The number of hydrogen-bond donors (Lipinski definition) is 0. The number of nitrogens with zero attached hydrogens (tertiary/aromatic N) is 5. The maximum absolute atomic E-state index is 11.8. The van der Waals surface area contributed by atoms with Crippen molar-refractivity contribution in [2.75, 3.05) is 52.4 Å². The first-order valence-electron chi connectivity index (χ1n) is 9.62. The van der Waals surface area contributed by atoms with E-state index in [1.807, 2.05) is 35.0 Å². The highest BCUT2D eigenvalue weighted by atomic mass is 16.6. The van der Waals surface area contributed by atoms with Crippen molar-refractivity contribution in [3.63, 3.8) is 0 Å². The van der Waals surface area contributed by atoms with E-state index >= 15 is 0 Å². The van der Waals surface area contributed by atoms with Gasteiger partial charge in [-0.2, -0.15) is 5.10 Å². The summed E-state index contributed by atoms with van der Waals surface area (Å²) < 4.78 is 7.12. The molecule has 2 saturated heterocycles. The molecule has 1 amide bonds.